The van der Waals surface area contributed by atoms with Gasteiger partial charge in [0.15, 0.2) is 16.6 Å². The van der Waals surface area contributed by atoms with Crippen LogP contribution < -0.4 is 5.73 Å². The number of hydrogen-bond donors (Lipinski definition) is 3. The Hall–Kier alpha value is -3.08. The van der Waals surface area contributed by atoms with Crippen molar-refractivity contribution in [3.05, 3.63) is 82.7 Å². The maximum atomic E-state index is 11.6. The minimum Gasteiger partial charge on any atom is -0.413 e. The van der Waals surface area contributed by atoms with E-state index in [1.54, 1.807) is 19.1 Å². The first kappa shape index (κ1) is 38.9. The second kappa shape index (κ2) is 16.8. The quantitative estimate of drug-likeness (QED) is 0.123. The number of benzene rings is 2. The number of hydrogen-bond acceptors (Lipinski definition) is 6. The predicted octanol–water partition coefficient (Wildman–Crippen LogP) is 8.49. The van der Waals surface area contributed by atoms with Crippen molar-refractivity contribution in [2.45, 2.75) is 97.9 Å². The molecule has 4 N–H and O–H groups in total. The lowest BCUT2D eigenvalue weighted by atomic mass is 10.1. The lowest BCUT2D eigenvalue weighted by Crippen LogP contribution is -2.40. The Kier molecular flexibility index (Phi) is 14.9. The molecule has 2 aromatic carbocycles. The molecule has 0 amide bonds. The molecule has 44 heavy (non-hydrogen) atoms. The number of nitrogens with zero attached hydrogens (tertiary/aromatic N) is 2. The molecule has 8 nitrogen and oxygen atoms in total. The Morgan fingerprint density at radius 3 is 1.64 bits per heavy atom. The van der Waals surface area contributed by atoms with Gasteiger partial charge < -0.3 is 24.5 Å². The van der Waals surface area contributed by atoms with Gasteiger partial charge >= 0.3 is 0 Å². The fourth-order valence-electron chi connectivity index (χ4n) is 3.18. The van der Waals surface area contributed by atoms with Crippen molar-refractivity contribution in [3.8, 4) is 11.3 Å². The van der Waals surface area contributed by atoms with Crippen LogP contribution in [0.15, 0.2) is 54.6 Å². The van der Waals surface area contributed by atoms with E-state index in [-0.39, 0.29) is 29.0 Å². The highest BCUT2D eigenvalue weighted by molar-refractivity contribution is 6.74. The van der Waals surface area contributed by atoms with Gasteiger partial charge in [-0.2, -0.15) is 5.10 Å². The molecule has 0 bridgehead atoms. The Labute approximate surface area is 267 Å². The maximum Gasteiger partial charge on any atom is 0.276 e. The highest BCUT2D eigenvalue weighted by atomic mass is 28.4. The van der Waals surface area contributed by atoms with Crippen LogP contribution in [0.4, 0.5) is 5.82 Å². The van der Waals surface area contributed by atoms with E-state index in [1.807, 2.05) is 18.2 Å². The second-order valence-corrected chi connectivity index (χ2v) is 23.4. The molecule has 3 rings (SSSR count). The van der Waals surface area contributed by atoms with Crippen LogP contribution in [0, 0.1) is 6.57 Å². The average molecular weight is 639 g/mol. The molecule has 0 radical (unpaired) electrons. The van der Waals surface area contributed by atoms with E-state index in [0.717, 1.165) is 16.8 Å². The topological polar surface area (TPSA) is 115 Å². The van der Waals surface area contributed by atoms with Gasteiger partial charge in [-0.25, -0.2) is 6.57 Å². The molecule has 0 fully saturated rings. The van der Waals surface area contributed by atoms with E-state index in [1.165, 1.54) is 5.56 Å². The third-order valence-electron chi connectivity index (χ3n) is 8.17. The number of aromatic amines is 1. The SMILES string of the molecule is CC(C)(C)[Si](C)(C)OCc1ccc(-c2cc(N)n[nH]2)cc1.CCO.[C-]#[N+]CC(=O)c1ccc(CO[Si](C)(C)C(C)(C)C)cc1. The molecule has 1 heterocycles. The van der Waals surface area contributed by atoms with Gasteiger partial charge in [0.05, 0.1) is 18.9 Å². The predicted molar refractivity (Wildman–Crippen MR) is 187 cm³/mol. The first-order valence-electron chi connectivity index (χ1n) is 15.0. The number of nitrogens with one attached hydrogen (secondary N) is 1. The van der Waals surface area contributed by atoms with Gasteiger partial charge in [-0.1, -0.05) is 90.1 Å². The first-order valence-corrected chi connectivity index (χ1v) is 20.8. The molecule has 0 spiro atoms. The number of ketones is 1. The van der Waals surface area contributed by atoms with Crippen LogP contribution in [0.3, 0.4) is 0 Å². The molecule has 10 heteroatoms. The van der Waals surface area contributed by atoms with Crippen LogP contribution in [0.1, 0.15) is 70.0 Å². The number of anilines is 1. The number of rotatable bonds is 9. The summed E-state index contributed by atoms with van der Waals surface area (Å²) in [5, 5.41) is 14.9. The molecule has 0 atom stereocenters. The number of nitrogen functional groups attached to an aromatic ring is 1. The van der Waals surface area contributed by atoms with Gasteiger partial charge in [0.25, 0.3) is 6.54 Å². The summed E-state index contributed by atoms with van der Waals surface area (Å²) in [5.41, 5.74) is 10.5. The van der Waals surface area contributed by atoms with Gasteiger partial charge in [-0.3, -0.25) is 9.89 Å². The number of aliphatic hydroxyl groups is 1. The van der Waals surface area contributed by atoms with E-state index < -0.39 is 16.6 Å². The summed E-state index contributed by atoms with van der Waals surface area (Å²) in [6, 6.07) is 17.5. The van der Waals surface area contributed by atoms with Crippen molar-refractivity contribution < 1.29 is 18.8 Å². The molecule has 3 aromatic rings. The zero-order valence-corrected chi connectivity index (χ0v) is 30.7. The van der Waals surface area contributed by atoms with E-state index in [4.69, 9.17) is 26.3 Å². The van der Waals surface area contributed by atoms with Crippen LogP contribution in [0.2, 0.25) is 36.3 Å². The highest BCUT2D eigenvalue weighted by Gasteiger charge is 2.37. The summed E-state index contributed by atoms with van der Waals surface area (Å²) in [5.74, 6) is 0.382. The minimum absolute atomic E-state index is 0.0835. The molecule has 0 unspecified atom stereocenters. The molecule has 0 saturated heterocycles. The second-order valence-electron chi connectivity index (χ2n) is 13.8. The van der Waals surface area contributed by atoms with Crippen molar-refractivity contribution in [1.29, 1.82) is 0 Å². The van der Waals surface area contributed by atoms with E-state index >= 15 is 0 Å². The fraction of sp³-hybridized carbons (Fsp3) is 0.500. The third kappa shape index (κ3) is 12.5. The van der Waals surface area contributed by atoms with Crippen molar-refractivity contribution >= 4 is 28.2 Å². The fourth-order valence-corrected chi connectivity index (χ4v) is 5.10. The normalized spacial score (nSPS) is 11.9. The number of carbonyl (C=O) groups is 1. The van der Waals surface area contributed by atoms with E-state index in [9.17, 15) is 4.79 Å². The largest absolute Gasteiger partial charge is 0.413 e. The Bertz CT molecular complexity index is 1330. The first-order chi connectivity index (χ1) is 20.3. The summed E-state index contributed by atoms with van der Waals surface area (Å²) in [6.07, 6.45) is 0. The number of aliphatic hydroxyl groups excluding tert-OH is 1. The Balaban J connectivity index is 0.000000404. The van der Waals surface area contributed by atoms with Gasteiger partial charge in [0.2, 0.25) is 5.78 Å². The maximum absolute atomic E-state index is 11.6. The lowest BCUT2D eigenvalue weighted by molar-refractivity contribution is 0.101. The van der Waals surface area contributed by atoms with Crippen LogP contribution in [0.25, 0.3) is 16.1 Å². The number of carbonyl (C=O) groups excluding carboxylic acids is 1. The molecule has 0 saturated carbocycles. The molecule has 242 valence electrons. The number of H-pyrrole nitrogens is 1. The number of aromatic nitrogens is 2. The zero-order chi connectivity index (χ0) is 33.8. The Morgan fingerprint density at radius 2 is 1.30 bits per heavy atom. The molecule has 0 aliphatic carbocycles. The molecular formula is C34H54N4O4Si2. The van der Waals surface area contributed by atoms with Gasteiger partial charge in [0, 0.05) is 18.2 Å². The van der Waals surface area contributed by atoms with Gasteiger partial charge in [-0.15, -0.1) is 0 Å². The summed E-state index contributed by atoms with van der Waals surface area (Å²) >= 11 is 0. The van der Waals surface area contributed by atoms with E-state index in [2.05, 4.69) is 107 Å². The summed E-state index contributed by atoms with van der Waals surface area (Å²) in [6.45, 7) is 32.2. The number of Topliss-reactive ketones (excluding diaryl/α,β-unsaturated/α-hetero) is 1. The lowest BCUT2D eigenvalue weighted by Gasteiger charge is -2.36. The van der Waals surface area contributed by atoms with Crippen molar-refractivity contribution in [2.24, 2.45) is 0 Å². The molecular weight excluding hydrogens is 585 g/mol. The van der Waals surface area contributed by atoms with Crippen molar-refractivity contribution in [3.63, 3.8) is 0 Å². The standard InChI is InChI=1S/C16H25N3OSi.C16H23NO2Si.C2H6O/c1-16(2,3)21(4,5)20-11-12-6-8-13(9-7-12)14-10-15(17)19-18-14;1-16(2,3)20(5,6)19-12-13-7-9-14(10-8-13)15(18)11-17-4;1-2-3/h6-10H,11H2,1-5H3,(H3,17,18,19);7-10H,11-12H2,1-3,5-6H3;3H,2H2,1H3. The Morgan fingerprint density at radius 1 is 0.886 bits per heavy atom. The molecule has 0 aliphatic rings. The zero-order valence-electron chi connectivity index (χ0n) is 28.7. The van der Waals surface area contributed by atoms with Crippen LogP contribution in [-0.4, -0.2) is 50.9 Å². The molecule has 0 aliphatic heterocycles. The minimum atomic E-state index is -1.74. The highest BCUT2D eigenvalue weighted by Crippen LogP contribution is 2.38. The van der Waals surface area contributed by atoms with Crippen LogP contribution in [0.5, 0.6) is 0 Å². The average Bonchev–Trinajstić information content (AvgIpc) is 3.37. The summed E-state index contributed by atoms with van der Waals surface area (Å²) < 4.78 is 12.4. The van der Waals surface area contributed by atoms with Gasteiger partial charge in [0.1, 0.15) is 5.82 Å². The van der Waals surface area contributed by atoms with Crippen LogP contribution >= 0.6 is 0 Å². The third-order valence-corrected chi connectivity index (χ3v) is 17.1. The van der Waals surface area contributed by atoms with Crippen molar-refractivity contribution in [2.75, 3.05) is 18.9 Å². The summed E-state index contributed by atoms with van der Waals surface area (Å²) in [4.78, 5) is 14.7. The van der Waals surface area contributed by atoms with Crippen LogP contribution in [-0.2, 0) is 22.1 Å². The van der Waals surface area contributed by atoms with E-state index in [0.29, 0.717) is 24.6 Å². The summed E-state index contributed by atoms with van der Waals surface area (Å²) in [7, 11) is -3.44. The van der Waals surface area contributed by atoms with Gasteiger partial charge in [-0.05, 0) is 59.9 Å². The van der Waals surface area contributed by atoms with Crippen molar-refractivity contribution in [1.82, 2.24) is 10.2 Å². The monoisotopic (exact) mass is 638 g/mol. The molecule has 1 aromatic heterocycles. The number of nitrogens with two attached hydrogens (primary N) is 1. The smallest absolute Gasteiger partial charge is 0.276 e.